The van der Waals surface area contributed by atoms with Crippen LogP contribution in [0.15, 0.2) is 58.9 Å². The van der Waals surface area contributed by atoms with Crippen LogP contribution in [0.5, 0.6) is 0 Å². The number of nitrogen functional groups attached to an aromatic ring is 1. The minimum atomic E-state index is -0.755. The molecule has 0 aliphatic carbocycles. The molecular weight excluding hydrogens is 535 g/mol. The van der Waals surface area contributed by atoms with Crippen LogP contribution in [0, 0.1) is 29.6 Å². The van der Waals surface area contributed by atoms with Gasteiger partial charge in [0, 0.05) is 22.4 Å². The molecule has 0 saturated carbocycles. The summed E-state index contributed by atoms with van der Waals surface area (Å²) in [7, 11) is 0.319. The predicted molar refractivity (Wildman–Crippen MR) is 156 cm³/mol. The van der Waals surface area contributed by atoms with Crippen molar-refractivity contribution in [2.75, 3.05) is 23.8 Å². The summed E-state index contributed by atoms with van der Waals surface area (Å²) in [5.41, 5.74) is 10.7. The van der Waals surface area contributed by atoms with Crippen LogP contribution in [0.3, 0.4) is 0 Å². The van der Waals surface area contributed by atoms with E-state index in [0.29, 0.717) is 42.2 Å². The van der Waals surface area contributed by atoms with Crippen LogP contribution in [0.1, 0.15) is 22.4 Å². The smallest absolute Gasteiger partial charge is 0.187 e. The summed E-state index contributed by atoms with van der Waals surface area (Å²) >= 11 is 2.85. The van der Waals surface area contributed by atoms with Gasteiger partial charge >= 0.3 is 0 Å². The van der Waals surface area contributed by atoms with Gasteiger partial charge < -0.3 is 21.3 Å². The summed E-state index contributed by atoms with van der Waals surface area (Å²) in [5.74, 6) is 0.548. The number of aliphatic hydroxyl groups is 2. The van der Waals surface area contributed by atoms with Gasteiger partial charge in [-0.05, 0) is 35.6 Å². The molecule has 0 fully saturated rings. The zero-order valence-electron chi connectivity index (χ0n) is 20.5. The fraction of sp³-hybridized carbons (Fsp3) is 0.185. The van der Waals surface area contributed by atoms with E-state index in [1.54, 1.807) is 0 Å². The fourth-order valence-electron chi connectivity index (χ4n) is 3.65. The Morgan fingerprint density at radius 1 is 1.11 bits per heavy atom. The molecule has 0 amide bonds. The van der Waals surface area contributed by atoms with Gasteiger partial charge in [0.25, 0.3) is 0 Å². The van der Waals surface area contributed by atoms with E-state index < -0.39 is 6.10 Å². The predicted octanol–water partition coefficient (Wildman–Crippen LogP) is 4.53. The van der Waals surface area contributed by atoms with E-state index in [9.17, 15) is 15.6 Å². The molecule has 2 aromatic heterocycles. The van der Waals surface area contributed by atoms with Crippen LogP contribution in [0.25, 0.3) is 11.1 Å². The second-order valence-electron chi connectivity index (χ2n) is 8.32. The van der Waals surface area contributed by atoms with E-state index >= 15 is 0 Å². The summed E-state index contributed by atoms with van der Waals surface area (Å²) < 4.78 is 0. The van der Waals surface area contributed by atoms with Crippen molar-refractivity contribution in [2.45, 2.75) is 23.8 Å². The number of benzene rings is 2. The van der Waals surface area contributed by atoms with Crippen molar-refractivity contribution in [1.82, 2.24) is 9.97 Å². The number of nitrogens with one attached hydrogen (secondary N) is 1. The number of rotatable bonds is 10. The number of aliphatic hydroxyl groups excluding tert-OH is 2. The minimum Gasteiger partial charge on any atom is -0.394 e. The summed E-state index contributed by atoms with van der Waals surface area (Å²) in [6.45, 7) is 1.76. The summed E-state index contributed by atoms with van der Waals surface area (Å²) in [6, 6.07) is 19.8. The third kappa shape index (κ3) is 6.49. The average Bonchev–Trinajstić information content (AvgIpc) is 3.39. The van der Waals surface area contributed by atoms with Gasteiger partial charge in [-0.25, -0.2) is 9.97 Å². The van der Waals surface area contributed by atoms with Gasteiger partial charge in [0.2, 0.25) is 0 Å². The first-order valence-electron chi connectivity index (χ1n) is 11.6. The number of nitriles is 2. The summed E-state index contributed by atoms with van der Waals surface area (Å²) in [6.07, 6.45) is -0.292. The molecule has 0 saturated heterocycles. The number of anilines is 3. The Balaban J connectivity index is 1.56. The molecule has 0 aliphatic heterocycles. The van der Waals surface area contributed by atoms with Crippen LogP contribution in [0.2, 0.25) is 0 Å². The van der Waals surface area contributed by atoms with E-state index in [4.69, 9.17) is 10.8 Å². The monoisotopic (exact) mass is 560 g/mol. The van der Waals surface area contributed by atoms with Crippen LogP contribution >= 0.6 is 31.7 Å². The first-order valence-corrected chi connectivity index (χ1v) is 14.7. The molecule has 2 aromatic carbocycles. The number of nitrogens with two attached hydrogens (primary N) is 1. The van der Waals surface area contributed by atoms with Crippen LogP contribution in [-0.4, -0.2) is 39.1 Å². The zero-order chi connectivity index (χ0) is 27.1. The topological polar surface area (TPSA) is 152 Å². The molecule has 4 aromatic rings. The molecule has 0 bridgehead atoms. The molecule has 8 nitrogen and oxygen atoms in total. The molecule has 192 valence electrons. The first kappa shape index (κ1) is 27.5. The maximum atomic E-state index is 10.1. The molecule has 0 spiro atoms. The van der Waals surface area contributed by atoms with Crippen LogP contribution in [-0.2, 0) is 5.75 Å². The van der Waals surface area contributed by atoms with Crippen LogP contribution in [0.4, 0.5) is 16.6 Å². The Morgan fingerprint density at radius 3 is 2.53 bits per heavy atom. The zero-order valence-corrected chi connectivity index (χ0v) is 23.1. The highest BCUT2D eigenvalue weighted by Gasteiger charge is 2.21. The standard InChI is InChI=1S/C27H25N6O2PS2/c1-16-4-2-3-5-23(16)32-27-31-18(15-38-27)14-37-26-22(11-29)24(21(10-28)25(30)33-26)17-6-8-20(9-7-17)36-13-19(35)12-34/h2-9,15,19,34-36H,12-14H2,1H3,(H2,30,33)(H,31,32). The van der Waals surface area contributed by atoms with E-state index in [0.717, 1.165) is 27.4 Å². The molecule has 2 unspecified atom stereocenters. The molecular formula is C27H25N6O2PS2. The van der Waals surface area contributed by atoms with Crippen molar-refractivity contribution in [2.24, 2.45) is 0 Å². The second-order valence-corrected chi connectivity index (χ2v) is 11.5. The number of hydrogen-bond acceptors (Lipinski definition) is 10. The van der Waals surface area contributed by atoms with Crippen molar-refractivity contribution in [3.8, 4) is 23.3 Å². The molecule has 4 rings (SSSR count). The van der Waals surface area contributed by atoms with Crippen molar-refractivity contribution >= 4 is 53.6 Å². The highest BCUT2D eigenvalue weighted by atomic mass is 32.2. The lowest BCUT2D eigenvalue weighted by Crippen LogP contribution is -2.15. The summed E-state index contributed by atoms with van der Waals surface area (Å²) in [4.78, 5) is 9.04. The molecule has 0 aliphatic rings. The SMILES string of the molecule is Cc1ccccc1Nc1nc(CSc2nc(N)c(C#N)c(-c3ccc(PCC(O)CO)cc3)c2C#N)cs1. The Morgan fingerprint density at radius 2 is 1.84 bits per heavy atom. The number of para-hydroxylation sites is 1. The average molecular weight is 561 g/mol. The van der Waals surface area contributed by atoms with Gasteiger partial charge in [-0.1, -0.05) is 62.8 Å². The number of aromatic nitrogens is 2. The van der Waals surface area contributed by atoms with Gasteiger partial charge in [0.15, 0.2) is 5.13 Å². The van der Waals surface area contributed by atoms with E-state index in [2.05, 4.69) is 27.4 Å². The minimum absolute atomic E-state index is 0.0706. The molecule has 5 N–H and O–H groups in total. The van der Waals surface area contributed by atoms with Crippen molar-refractivity contribution < 1.29 is 10.2 Å². The molecule has 2 atom stereocenters. The Bertz CT molecular complexity index is 1510. The molecule has 2 heterocycles. The normalized spacial score (nSPS) is 11.8. The quantitative estimate of drug-likeness (QED) is 0.162. The largest absolute Gasteiger partial charge is 0.394 e. The van der Waals surface area contributed by atoms with Crippen molar-refractivity contribution in [3.63, 3.8) is 0 Å². The lowest BCUT2D eigenvalue weighted by atomic mass is 9.97. The lowest BCUT2D eigenvalue weighted by Gasteiger charge is -2.13. The molecule has 38 heavy (non-hydrogen) atoms. The fourth-order valence-corrected chi connectivity index (χ4v) is 6.37. The van der Waals surface area contributed by atoms with Gasteiger partial charge in [-0.3, -0.25) is 0 Å². The van der Waals surface area contributed by atoms with E-state index in [1.807, 2.05) is 60.8 Å². The lowest BCUT2D eigenvalue weighted by molar-refractivity contribution is 0.113. The summed E-state index contributed by atoms with van der Waals surface area (Å²) in [5, 5.41) is 46.0. The highest BCUT2D eigenvalue weighted by molar-refractivity contribution is 7.98. The van der Waals surface area contributed by atoms with Gasteiger partial charge in [0.05, 0.1) is 24.0 Å². The Kier molecular flexibility index (Phi) is 9.30. The van der Waals surface area contributed by atoms with E-state index in [1.165, 1.54) is 23.1 Å². The molecule has 11 heteroatoms. The maximum Gasteiger partial charge on any atom is 0.187 e. The number of pyridine rings is 1. The van der Waals surface area contributed by atoms with Crippen molar-refractivity contribution in [1.29, 1.82) is 10.5 Å². The van der Waals surface area contributed by atoms with Crippen molar-refractivity contribution in [3.05, 3.63) is 76.3 Å². The number of nitrogens with zero attached hydrogens (tertiary/aromatic N) is 4. The third-order valence-corrected chi connectivity index (χ3v) is 8.87. The van der Waals surface area contributed by atoms with Gasteiger partial charge in [-0.2, -0.15) is 10.5 Å². The van der Waals surface area contributed by atoms with Gasteiger partial charge in [0.1, 0.15) is 28.5 Å². The molecule has 0 radical (unpaired) electrons. The Labute approximate surface area is 231 Å². The third-order valence-electron chi connectivity index (χ3n) is 5.64. The van der Waals surface area contributed by atoms with Gasteiger partial charge in [-0.15, -0.1) is 11.3 Å². The Hall–Kier alpha value is -3.50. The number of thiazole rings is 1. The second kappa shape index (κ2) is 12.8. The highest BCUT2D eigenvalue weighted by Crippen LogP contribution is 2.37. The number of hydrogen-bond donors (Lipinski definition) is 4. The first-order chi connectivity index (χ1) is 18.4. The maximum absolute atomic E-state index is 10.1. The van der Waals surface area contributed by atoms with Crippen LogP contribution < -0.4 is 16.4 Å². The number of aryl methyl sites for hydroxylation is 1. The number of thioether (sulfide) groups is 1. The van der Waals surface area contributed by atoms with E-state index in [-0.39, 0.29) is 18.0 Å².